The number of halogens is 1. The van der Waals surface area contributed by atoms with Gasteiger partial charge in [0.1, 0.15) is 18.1 Å². The van der Waals surface area contributed by atoms with Crippen LogP contribution in [0.25, 0.3) is 6.08 Å². The van der Waals surface area contributed by atoms with E-state index in [4.69, 9.17) is 21.1 Å². The third kappa shape index (κ3) is 6.67. The molecule has 1 aliphatic rings. The van der Waals surface area contributed by atoms with Crippen molar-refractivity contribution in [1.29, 1.82) is 0 Å². The van der Waals surface area contributed by atoms with Gasteiger partial charge in [-0.2, -0.15) is 0 Å². The molecular formula is C32H27ClN2O4. The van der Waals surface area contributed by atoms with E-state index in [1.54, 1.807) is 42.2 Å². The Morgan fingerprint density at radius 3 is 2.51 bits per heavy atom. The Bertz CT molecular complexity index is 1500. The highest BCUT2D eigenvalue weighted by molar-refractivity contribution is 6.30. The molecule has 0 saturated carbocycles. The van der Waals surface area contributed by atoms with Crippen LogP contribution in [0.5, 0.6) is 11.5 Å². The summed E-state index contributed by atoms with van der Waals surface area (Å²) in [4.78, 5) is 27.3. The first-order chi connectivity index (χ1) is 18.9. The Morgan fingerprint density at radius 2 is 1.74 bits per heavy atom. The number of anilines is 2. The van der Waals surface area contributed by atoms with Crippen LogP contribution in [0.1, 0.15) is 23.6 Å². The highest BCUT2D eigenvalue weighted by Crippen LogP contribution is 2.37. The van der Waals surface area contributed by atoms with Crippen LogP contribution in [-0.2, 0) is 22.7 Å². The van der Waals surface area contributed by atoms with Crippen LogP contribution < -0.4 is 19.7 Å². The lowest BCUT2D eigenvalue weighted by molar-refractivity contribution is -0.125. The van der Waals surface area contributed by atoms with E-state index in [9.17, 15) is 9.59 Å². The van der Waals surface area contributed by atoms with E-state index in [-0.39, 0.29) is 11.8 Å². The summed E-state index contributed by atoms with van der Waals surface area (Å²) in [6, 6.07) is 30.1. The first-order valence-corrected chi connectivity index (χ1v) is 12.9. The van der Waals surface area contributed by atoms with E-state index in [2.05, 4.69) is 5.32 Å². The molecule has 2 amide bonds. The standard InChI is InChI=1S/C32H27ClN2O4/c1-22-32(37)35(20-25-8-5-9-26(33)18-25)29-19-27(13-16-30(29)39-22)34-31(36)17-12-23-10-14-28(15-11-23)38-21-24-6-3-2-4-7-24/h2-19,22H,20-21H2,1H3,(H,34,36)/b17-12+. The van der Waals surface area contributed by atoms with Gasteiger partial charge < -0.3 is 19.7 Å². The van der Waals surface area contributed by atoms with Crippen molar-refractivity contribution in [3.63, 3.8) is 0 Å². The molecule has 0 saturated heterocycles. The van der Waals surface area contributed by atoms with Crippen molar-refractivity contribution >= 4 is 40.9 Å². The zero-order valence-corrected chi connectivity index (χ0v) is 22.1. The molecule has 0 bridgehead atoms. The van der Waals surface area contributed by atoms with Crippen molar-refractivity contribution in [3.8, 4) is 11.5 Å². The van der Waals surface area contributed by atoms with Gasteiger partial charge in [-0.15, -0.1) is 0 Å². The summed E-state index contributed by atoms with van der Waals surface area (Å²) >= 11 is 6.14. The van der Waals surface area contributed by atoms with Gasteiger partial charge in [0.25, 0.3) is 5.91 Å². The molecule has 0 fully saturated rings. The second-order valence-electron chi connectivity index (χ2n) is 9.16. The van der Waals surface area contributed by atoms with Crippen LogP contribution in [0.2, 0.25) is 5.02 Å². The smallest absolute Gasteiger partial charge is 0.268 e. The fourth-order valence-electron chi connectivity index (χ4n) is 4.24. The van der Waals surface area contributed by atoms with Crippen LogP contribution in [0.3, 0.4) is 0 Å². The van der Waals surface area contributed by atoms with Gasteiger partial charge in [-0.05, 0) is 72.2 Å². The van der Waals surface area contributed by atoms with E-state index in [1.165, 1.54) is 6.08 Å². The quantitative estimate of drug-likeness (QED) is 0.248. The monoisotopic (exact) mass is 538 g/mol. The van der Waals surface area contributed by atoms with E-state index < -0.39 is 6.10 Å². The molecule has 0 radical (unpaired) electrons. The van der Waals surface area contributed by atoms with Crippen LogP contribution >= 0.6 is 11.6 Å². The number of hydrogen-bond donors (Lipinski definition) is 1. The zero-order chi connectivity index (χ0) is 27.2. The molecule has 1 aliphatic heterocycles. The average Bonchev–Trinajstić information content (AvgIpc) is 2.95. The van der Waals surface area contributed by atoms with Gasteiger partial charge in [0.2, 0.25) is 5.91 Å². The lowest BCUT2D eigenvalue weighted by Crippen LogP contribution is -2.44. The van der Waals surface area contributed by atoms with E-state index in [0.29, 0.717) is 35.3 Å². The highest BCUT2D eigenvalue weighted by Gasteiger charge is 2.31. The summed E-state index contributed by atoms with van der Waals surface area (Å²) in [5.41, 5.74) is 3.99. The Kier molecular flexibility index (Phi) is 7.94. The molecule has 1 heterocycles. The Balaban J connectivity index is 1.23. The molecule has 4 aromatic rings. The van der Waals surface area contributed by atoms with Crippen LogP contribution in [0, 0.1) is 0 Å². The fourth-order valence-corrected chi connectivity index (χ4v) is 4.45. The predicted molar refractivity (Wildman–Crippen MR) is 154 cm³/mol. The first kappa shape index (κ1) is 26.1. The van der Waals surface area contributed by atoms with E-state index in [1.807, 2.05) is 72.8 Å². The number of benzene rings is 4. The maximum Gasteiger partial charge on any atom is 0.268 e. The highest BCUT2D eigenvalue weighted by atomic mass is 35.5. The number of fused-ring (bicyclic) bond motifs is 1. The second kappa shape index (κ2) is 11.9. The Morgan fingerprint density at radius 1 is 0.974 bits per heavy atom. The van der Waals surface area contributed by atoms with Gasteiger partial charge in [0.15, 0.2) is 6.10 Å². The van der Waals surface area contributed by atoms with Crippen LogP contribution in [0.4, 0.5) is 11.4 Å². The summed E-state index contributed by atoms with van der Waals surface area (Å²) in [5, 5.41) is 3.47. The van der Waals surface area contributed by atoms with E-state index >= 15 is 0 Å². The molecule has 1 N–H and O–H groups in total. The summed E-state index contributed by atoms with van der Waals surface area (Å²) in [6.45, 7) is 2.55. The minimum atomic E-state index is -0.616. The van der Waals surface area contributed by atoms with Crippen molar-refractivity contribution in [2.45, 2.75) is 26.2 Å². The topological polar surface area (TPSA) is 67.9 Å². The molecular weight excluding hydrogens is 512 g/mol. The number of ether oxygens (including phenoxy) is 2. The molecule has 5 rings (SSSR count). The first-order valence-electron chi connectivity index (χ1n) is 12.6. The molecule has 196 valence electrons. The molecule has 4 aromatic carbocycles. The molecule has 0 spiro atoms. The number of carbonyl (C=O) groups is 2. The molecule has 7 heteroatoms. The van der Waals surface area contributed by atoms with E-state index in [0.717, 1.165) is 22.4 Å². The lowest BCUT2D eigenvalue weighted by atomic mass is 10.1. The molecule has 1 unspecified atom stereocenters. The van der Waals surface area contributed by atoms with Gasteiger partial charge in [-0.25, -0.2) is 0 Å². The lowest BCUT2D eigenvalue weighted by Gasteiger charge is -2.33. The predicted octanol–water partition coefficient (Wildman–Crippen LogP) is 6.89. The number of hydrogen-bond acceptors (Lipinski definition) is 4. The minimum Gasteiger partial charge on any atom is -0.489 e. The fraction of sp³-hybridized carbons (Fsp3) is 0.125. The summed E-state index contributed by atoms with van der Waals surface area (Å²) < 4.78 is 11.6. The SMILES string of the molecule is CC1Oc2ccc(NC(=O)/C=C/c3ccc(OCc4ccccc4)cc3)cc2N(Cc2cccc(Cl)c2)C1=O. The maximum atomic E-state index is 13.0. The molecule has 6 nitrogen and oxygen atoms in total. The number of nitrogens with one attached hydrogen (secondary N) is 1. The second-order valence-corrected chi connectivity index (χ2v) is 9.60. The summed E-state index contributed by atoms with van der Waals surface area (Å²) in [5.74, 6) is 0.870. The third-order valence-corrected chi connectivity index (χ3v) is 6.46. The summed E-state index contributed by atoms with van der Waals surface area (Å²) in [7, 11) is 0. The van der Waals surface area contributed by atoms with Crippen molar-refractivity contribution in [2.24, 2.45) is 0 Å². The third-order valence-electron chi connectivity index (χ3n) is 6.22. The Labute approximate surface area is 232 Å². The number of carbonyl (C=O) groups excluding carboxylic acids is 2. The minimum absolute atomic E-state index is 0.165. The van der Waals surface area contributed by atoms with Crippen molar-refractivity contribution in [2.75, 3.05) is 10.2 Å². The van der Waals surface area contributed by atoms with Gasteiger partial charge >= 0.3 is 0 Å². The number of rotatable bonds is 8. The largest absolute Gasteiger partial charge is 0.489 e. The van der Waals surface area contributed by atoms with Gasteiger partial charge in [-0.3, -0.25) is 9.59 Å². The number of nitrogens with zero attached hydrogens (tertiary/aromatic N) is 1. The van der Waals surface area contributed by atoms with Crippen LogP contribution in [-0.4, -0.2) is 17.9 Å². The van der Waals surface area contributed by atoms with Gasteiger partial charge in [0.05, 0.1) is 12.2 Å². The van der Waals surface area contributed by atoms with Crippen molar-refractivity contribution < 1.29 is 19.1 Å². The number of amides is 2. The van der Waals surface area contributed by atoms with Crippen molar-refractivity contribution in [3.05, 3.63) is 125 Å². The average molecular weight is 539 g/mol. The molecule has 0 aromatic heterocycles. The normalized spacial score (nSPS) is 14.6. The summed E-state index contributed by atoms with van der Waals surface area (Å²) in [6.07, 6.45) is 2.58. The zero-order valence-electron chi connectivity index (χ0n) is 21.3. The van der Waals surface area contributed by atoms with Crippen LogP contribution in [0.15, 0.2) is 103 Å². The molecule has 0 aliphatic carbocycles. The van der Waals surface area contributed by atoms with Gasteiger partial charge in [0, 0.05) is 16.8 Å². The Hall–Kier alpha value is -4.55. The molecule has 1 atom stereocenters. The van der Waals surface area contributed by atoms with Crippen molar-refractivity contribution in [1.82, 2.24) is 0 Å². The maximum absolute atomic E-state index is 13.0. The molecule has 39 heavy (non-hydrogen) atoms. The van der Waals surface area contributed by atoms with Gasteiger partial charge in [-0.1, -0.05) is 66.2 Å².